The van der Waals surface area contributed by atoms with E-state index < -0.39 is 0 Å². The number of piperidine rings is 1. The quantitative estimate of drug-likeness (QED) is 0.807. The molecule has 84 valence electrons. The molecule has 0 radical (unpaired) electrons. The highest BCUT2D eigenvalue weighted by Crippen LogP contribution is 2.22. The molecule has 4 heteroatoms. The predicted octanol–water partition coefficient (Wildman–Crippen LogP) is 1.16. The summed E-state index contributed by atoms with van der Waals surface area (Å²) in [4.78, 5) is 6.31. The highest BCUT2D eigenvalue weighted by atomic mass is 16.3. The minimum atomic E-state index is 0.291. The summed E-state index contributed by atoms with van der Waals surface area (Å²) in [5, 5.41) is 17.7. The van der Waals surface area contributed by atoms with Crippen molar-refractivity contribution in [3.63, 3.8) is 0 Å². The molecule has 4 nitrogen and oxygen atoms in total. The zero-order valence-electron chi connectivity index (χ0n) is 9.13. The molecule has 1 aliphatic heterocycles. The molecule has 0 unspecified atom stereocenters. The molecule has 1 fully saturated rings. The van der Waals surface area contributed by atoms with E-state index in [1.807, 2.05) is 12.1 Å². The third kappa shape index (κ3) is 2.31. The molecular formula is C12H15N3O. The van der Waals surface area contributed by atoms with Crippen LogP contribution in [0.4, 0.5) is 5.69 Å². The predicted molar refractivity (Wildman–Crippen MR) is 61.0 cm³/mol. The summed E-state index contributed by atoms with van der Waals surface area (Å²) in [6, 6.07) is 5.69. The van der Waals surface area contributed by atoms with E-state index in [0.29, 0.717) is 18.2 Å². The number of nitrogens with zero attached hydrogens (tertiary/aromatic N) is 3. The smallest absolute Gasteiger partial charge is 0.140 e. The standard InChI is InChI=1S/C12H15N3O/c13-7-11-1-2-12(8-14-11)15-5-3-10(9-16)4-6-15/h1-2,8,10,16H,3-6,9H2. The number of rotatable bonds is 2. The first-order chi connectivity index (χ1) is 7.83. The van der Waals surface area contributed by atoms with Crippen LogP contribution in [-0.4, -0.2) is 29.8 Å². The average molecular weight is 217 g/mol. The molecule has 0 saturated carbocycles. The third-order valence-electron chi connectivity index (χ3n) is 3.10. The summed E-state index contributed by atoms with van der Waals surface area (Å²) < 4.78 is 0. The van der Waals surface area contributed by atoms with E-state index in [0.717, 1.165) is 31.6 Å². The monoisotopic (exact) mass is 217 g/mol. The summed E-state index contributed by atoms with van der Waals surface area (Å²) in [6.07, 6.45) is 3.80. The van der Waals surface area contributed by atoms with Gasteiger partial charge in [0.05, 0.1) is 11.9 Å². The second-order valence-corrected chi connectivity index (χ2v) is 4.13. The summed E-state index contributed by atoms with van der Waals surface area (Å²) in [5.41, 5.74) is 1.52. The maximum atomic E-state index is 9.05. The van der Waals surface area contributed by atoms with Crippen molar-refractivity contribution < 1.29 is 5.11 Å². The number of aliphatic hydroxyl groups is 1. The first-order valence-corrected chi connectivity index (χ1v) is 5.55. The van der Waals surface area contributed by atoms with Crippen molar-refractivity contribution in [3.8, 4) is 6.07 Å². The molecule has 0 aromatic carbocycles. The zero-order chi connectivity index (χ0) is 11.4. The van der Waals surface area contributed by atoms with Crippen LogP contribution in [0.1, 0.15) is 18.5 Å². The Kier molecular flexibility index (Phi) is 3.37. The van der Waals surface area contributed by atoms with Crippen molar-refractivity contribution in [3.05, 3.63) is 24.0 Å². The van der Waals surface area contributed by atoms with Crippen LogP contribution in [0.5, 0.6) is 0 Å². The molecule has 1 aromatic heterocycles. The number of pyridine rings is 1. The van der Waals surface area contributed by atoms with Gasteiger partial charge in [0, 0.05) is 19.7 Å². The van der Waals surface area contributed by atoms with Crippen LogP contribution in [0.3, 0.4) is 0 Å². The van der Waals surface area contributed by atoms with Crippen molar-refractivity contribution in [2.45, 2.75) is 12.8 Å². The van der Waals surface area contributed by atoms with E-state index in [4.69, 9.17) is 10.4 Å². The molecule has 1 aliphatic rings. The summed E-state index contributed by atoms with van der Waals surface area (Å²) in [5.74, 6) is 0.447. The number of hydrogen-bond donors (Lipinski definition) is 1. The lowest BCUT2D eigenvalue weighted by molar-refractivity contribution is 0.203. The molecule has 0 bridgehead atoms. The molecule has 1 aromatic rings. The topological polar surface area (TPSA) is 60.2 Å². The van der Waals surface area contributed by atoms with Crippen LogP contribution in [0.15, 0.2) is 18.3 Å². The molecule has 16 heavy (non-hydrogen) atoms. The van der Waals surface area contributed by atoms with E-state index in [2.05, 4.69) is 9.88 Å². The number of hydrogen-bond acceptors (Lipinski definition) is 4. The lowest BCUT2D eigenvalue weighted by Gasteiger charge is -2.32. The van der Waals surface area contributed by atoms with Crippen LogP contribution in [0.25, 0.3) is 0 Å². The molecule has 0 spiro atoms. The largest absolute Gasteiger partial charge is 0.396 e. The summed E-state index contributed by atoms with van der Waals surface area (Å²) >= 11 is 0. The van der Waals surface area contributed by atoms with Crippen molar-refractivity contribution >= 4 is 5.69 Å². The summed E-state index contributed by atoms with van der Waals surface area (Å²) in [7, 11) is 0. The first kappa shape index (κ1) is 10.9. The number of anilines is 1. The SMILES string of the molecule is N#Cc1ccc(N2CCC(CO)CC2)cn1. The highest BCUT2D eigenvalue weighted by molar-refractivity contribution is 5.46. The molecule has 0 aliphatic carbocycles. The fraction of sp³-hybridized carbons (Fsp3) is 0.500. The van der Waals surface area contributed by atoms with Gasteiger partial charge in [0.1, 0.15) is 11.8 Å². The first-order valence-electron chi connectivity index (χ1n) is 5.55. The highest BCUT2D eigenvalue weighted by Gasteiger charge is 2.18. The fourth-order valence-electron chi connectivity index (χ4n) is 2.01. The van der Waals surface area contributed by atoms with E-state index in [1.165, 1.54) is 0 Å². The molecule has 2 heterocycles. The van der Waals surface area contributed by atoms with Gasteiger partial charge in [0.2, 0.25) is 0 Å². The van der Waals surface area contributed by atoms with Crippen molar-refractivity contribution in [1.82, 2.24) is 4.98 Å². The van der Waals surface area contributed by atoms with Gasteiger partial charge in [0.15, 0.2) is 0 Å². The van der Waals surface area contributed by atoms with Crippen LogP contribution in [-0.2, 0) is 0 Å². The van der Waals surface area contributed by atoms with Gasteiger partial charge in [-0.1, -0.05) is 0 Å². The Bertz CT molecular complexity index is 374. The van der Waals surface area contributed by atoms with Crippen LogP contribution < -0.4 is 4.90 Å². The molecule has 2 rings (SSSR count). The molecule has 0 amide bonds. The maximum Gasteiger partial charge on any atom is 0.140 e. The van der Waals surface area contributed by atoms with Gasteiger partial charge in [-0.3, -0.25) is 0 Å². The van der Waals surface area contributed by atoms with Gasteiger partial charge in [-0.2, -0.15) is 5.26 Å². The minimum absolute atomic E-state index is 0.291. The van der Waals surface area contributed by atoms with E-state index in [-0.39, 0.29) is 0 Å². The fourth-order valence-corrected chi connectivity index (χ4v) is 2.01. The Morgan fingerprint density at radius 2 is 2.19 bits per heavy atom. The van der Waals surface area contributed by atoms with Gasteiger partial charge >= 0.3 is 0 Å². The van der Waals surface area contributed by atoms with Crippen molar-refractivity contribution in [1.29, 1.82) is 5.26 Å². The lowest BCUT2D eigenvalue weighted by Crippen LogP contribution is -2.34. The van der Waals surface area contributed by atoms with E-state index in [9.17, 15) is 0 Å². The van der Waals surface area contributed by atoms with Gasteiger partial charge < -0.3 is 10.0 Å². The van der Waals surface area contributed by atoms with E-state index >= 15 is 0 Å². The van der Waals surface area contributed by atoms with Crippen LogP contribution in [0.2, 0.25) is 0 Å². The van der Waals surface area contributed by atoms with Crippen molar-refractivity contribution in [2.24, 2.45) is 5.92 Å². The molecule has 0 atom stereocenters. The van der Waals surface area contributed by atoms with Crippen LogP contribution >= 0.6 is 0 Å². The third-order valence-corrected chi connectivity index (χ3v) is 3.10. The molecule has 1 N–H and O–H groups in total. The second-order valence-electron chi connectivity index (χ2n) is 4.13. The lowest BCUT2D eigenvalue weighted by atomic mass is 9.98. The van der Waals surface area contributed by atoms with E-state index in [1.54, 1.807) is 12.3 Å². The minimum Gasteiger partial charge on any atom is -0.396 e. The maximum absolute atomic E-state index is 9.05. The van der Waals surface area contributed by atoms with Crippen LogP contribution in [0, 0.1) is 17.2 Å². The number of aliphatic hydroxyl groups excluding tert-OH is 1. The number of aromatic nitrogens is 1. The average Bonchev–Trinajstić information content (AvgIpc) is 2.39. The Balaban J connectivity index is 2.00. The normalized spacial score (nSPS) is 17.1. The molecule has 1 saturated heterocycles. The van der Waals surface area contributed by atoms with Gasteiger partial charge in [0.25, 0.3) is 0 Å². The van der Waals surface area contributed by atoms with Gasteiger partial charge in [-0.15, -0.1) is 0 Å². The number of nitriles is 1. The van der Waals surface area contributed by atoms with Crippen molar-refractivity contribution in [2.75, 3.05) is 24.6 Å². The van der Waals surface area contributed by atoms with Gasteiger partial charge in [-0.25, -0.2) is 4.98 Å². The Labute approximate surface area is 95.1 Å². The zero-order valence-corrected chi connectivity index (χ0v) is 9.13. The second kappa shape index (κ2) is 4.95. The van der Waals surface area contributed by atoms with Gasteiger partial charge in [-0.05, 0) is 30.9 Å². The molecular weight excluding hydrogens is 202 g/mol. The Morgan fingerprint density at radius 3 is 2.69 bits per heavy atom. The Morgan fingerprint density at radius 1 is 1.44 bits per heavy atom. The summed E-state index contributed by atoms with van der Waals surface area (Å²) in [6.45, 7) is 2.21. The Hall–Kier alpha value is -1.60.